The minimum atomic E-state index is -0.825. The topological polar surface area (TPSA) is 92.2 Å². The number of aromatic nitrogens is 2. The quantitative estimate of drug-likeness (QED) is 0.229. The molecule has 0 aliphatic heterocycles. The number of allylic oxidation sites excluding steroid dienone is 3. The summed E-state index contributed by atoms with van der Waals surface area (Å²) in [6, 6.07) is 12.3. The van der Waals surface area contributed by atoms with Crippen LogP contribution in [0.3, 0.4) is 0 Å². The number of nitrogens with zero attached hydrogens (tertiary/aromatic N) is 2. The summed E-state index contributed by atoms with van der Waals surface area (Å²) in [5, 5.41) is 13.3. The van der Waals surface area contributed by atoms with Crippen LogP contribution in [0.25, 0.3) is 22.3 Å². The molecule has 4 rings (SSSR count). The molecule has 0 radical (unpaired) electrons. The van der Waals surface area contributed by atoms with Gasteiger partial charge in [-0.05, 0) is 81.0 Å². The second-order valence-corrected chi connectivity index (χ2v) is 10.2. The Hall–Kier alpha value is -3.66. The van der Waals surface area contributed by atoms with Gasteiger partial charge in [0.1, 0.15) is 0 Å². The molecule has 1 aliphatic carbocycles. The van der Waals surface area contributed by atoms with E-state index in [2.05, 4.69) is 11.2 Å². The zero-order valence-corrected chi connectivity index (χ0v) is 22.4. The van der Waals surface area contributed by atoms with E-state index in [0.717, 1.165) is 28.8 Å². The number of carbonyl (C=O) groups is 2. The Kier molecular flexibility index (Phi) is 8.83. The molecule has 38 heavy (non-hydrogen) atoms. The average Bonchev–Trinajstić information content (AvgIpc) is 3.26. The summed E-state index contributed by atoms with van der Waals surface area (Å²) in [6.07, 6.45) is 10.9. The third kappa shape index (κ3) is 6.61. The first kappa shape index (κ1) is 27.4. The van der Waals surface area contributed by atoms with Gasteiger partial charge in [0.15, 0.2) is 0 Å². The molecule has 0 unspecified atom stereocenters. The lowest BCUT2D eigenvalue weighted by atomic mass is 10.0. The summed E-state index contributed by atoms with van der Waals surface area (Å²) in [5.41, 5.74) is 5.73. The summed E-state index contributed by atoms with van der Waals surface area (Å²) < 4.78 is 0. The molecule has 2 N–H and O–H groups in total. The van der Waals surface area contributed by atoms with Crippen LogP contribution in [0.15, 0.2) is 64.7 Å². The number of aryl methyl sites for hydroxylation is 1. The average molecular weight is 548 g/mol. The summed E-state index contributed by atoms with van der Waals surface area (Å²) >= 11 is 12.1. The molecular weight excluding hydrogens is 521 g/mol. The molecule has 1 aromatic heterocycles. The SMILES string of the molecule is C#CC1=C(/C=C(\C)Cl)CC[C@@H]1NC(=O)c1ccc2nc(-c3ccc(Cl)cc3)c(CCCCC(=O)O)nc2c1. The van der Waals surface area contributed by atoms with Crippen molar-refractivity contribution >= 4 is 46.1 Å². The van der Waals surface area contributed by atoms with E-state index in [1.807, 2.05) is 18.2 Å². The summed E-state index contributed by atoms with van der Waals surface area (Å²) in [6.45, 7) is 1.80. The maximum atomic E-state index is 13.2. The molecule has 0 saturated heterocycles. The van der Waals surface area contributed by atoms with Crippen molar-refractivity contribution in [3.8, 4) is 23.6 Å². The number of hydrogen-bond donors (Lipinski definition) is 2. The number of nitrogens with one attached hydrogen (secondary N) is 1. The molecule has 1 heterocycles. The minimum absolute atomic E-state index is 0.0961. The maximum Gasteiger partial charge on any atom is 0.303 e. The van der Waals surface area contributed by atoms with Crippen LogP contribution < -0.4 is 5.32 Å². The Balaban J connectivity index is 1.63. The zero-order chi connectivity index (χ0) is 27.2. The standard InChI is InChI=1S/C30H27Cl2N3O3/c1-3-23-20(16-18(2)31)10-14-24(23)35-30(38)21-11-15-25-27(17-21)33-26(6-4-5-7-28(36)37)29(34-25)19-8-12-22(32)13-9-19/h1,8-9,11-13,15-17,24H,4-7,10,14H2,2H3,(H,35,38)(H,36,37)/b18-16+/t24-/m0/s1. The summed E-state index contributed by atoms with van der Waals surface area (Å²) in [5.74, 6) is 1.64. The van der Waals surface area contributed by atoms with Crippen molar-refractivity contribution in [3.05, 3.63) is 81.0 Å². The van der Waals surface area contributed by atoms with Crippen molar-refractivity contribution in [2.24, 2.45) is 0 Å². The highest BCUT2D eigenvalue weighted by Crippen LogP contribution is 2.30. The number of carbonyl (C=O) groups excluding carboxylic acids is 1. The minimum Gasteiger partial charge on any atom is -0.481 e. The van der Waals surface area contributed by atoms with Crippen LogP contribution in [0.4, 0.5) is 0 Å². The Morgan fingerprint density at radius 2 is 1.92 bits per heavy atom. The first-order chi connectivity index (χ1) is 18.2. The number of terminal acetylenes is 1. The number of carboxylic acid groups (broad SMARTS) is 1. The van der Waals surface area contributed by atoms with E-state index < -0.39 is 5.97 Å². The van der Waals surface area contributed by atoms with E-state index in [9.17, 15) is 9.59 Å². The third-order valence-corrected chi connectivity index (χ3v) is 6.76. The predicted molar refractivity (Wildman–Crippen MR) is 151 cm³/mol. The van der Waals surface area contributed by atoms with Crippen LogP contribution in [-0.4, -0.2) is 33.0 Å². The molecule has 194 valence electrons. The Morgan fingerprint density at radius 1 is 1.16 bits per heavy atom. The van der Waals surface area contributed by atoms with Crippen molar-refractivity contribution < 1.29 is 14.7 Å². The van der Waals surface area contributed by atoms with Gasteiger partial charge in [0.25, 0.3) is 5.91 Å². The summed E-state index contributed by atoms with van der Waals surface area (Å²) in [4.78, 5) is 33.8. The third-order valence-electron chi connectivity index (χ3n) is 6.40. The molecule has 0 bridgehead atoms. The highest BCUT2D eigenvalue weighted by Gasteiger charge is 2.25. The van der Waals surface area contributed by atoms with Crippen LogP contribution in [0, 0.1) is 12.3 Å². The number of amides is 1. The van der Waals surface area contributed by atoms with Crippen LogP contribution in [0.2, 0.25) is 5.02 Å². The molecule has 6 nitrogen and oxygen atoms in total. The molecule has 1 aliphatic rings. The van der Waals surface area contributed by atoms with Crippen LogP contribution in [-0.2, 0) is 11.2 Å². The predicted octanol–water partition coefficient (Wildman–Crippen LogP) is 6.71. The molecule has 0 fully saturated rings. The molecule has 0 spiro atoms. The van der Waals surface area contributed by atoms with E-state index in [-0.39, 0.29) is 18.4 Å². The molecule has 1 amide bonds. The van der Waals surface area contributed by atoms with E-state index in [1.54, 1.807) is 37.3 Å². The van der Waals surface area contributed by atoms with Crippen molar-refractivity contribution in [1.82, 2.24) is 15.3 Å². The monoisotopic (exact) mass is 547 g/mol. The van der Waals surface area contributed by atoms with Crippen LogP contribution in [0.1, 0.15) is 55.1 Å². The Morgan fingerprint density at radius 3 is 2.61 bits per heavy atom. The first-order valence-corrected chi connectivity index (χ1v) is 13.1. The van der Waals surface area contributed by atoms with Gasteiger partial charge in [0, 0.05) is 33.2 Å². The van der Waals surface area contributed by atoms with Crippen LogP contribution in [0.5, 0.6) is 0 Å². The number of unbranched alkanes of at least 4 members (excludes halogenated alkanes) is 1. The summed E-state index contributed by atoms with van der Waals surface area (Å²) in [7, 11) is 0. The number of carboxylic acids is 1. The number of benzene rings is 2. The highest BCUT2D eigenvalue weighted by atomic mass is 35.5. The molecule has 3 aromatic rings. The van der Waals surface area contributed by atoms with Crippen LogP contribution >= 0.6 is 23.2 Å². The van der Waals surface area contributed by atoms with Crippen molar-refractivity contribution in [2.75, 3.05) is 0 Å². The van der Waals surface area contributed by atoms with Gasteiger partial charge in [-0.15, -0.1) is 6.42 Å². The molecule has 1 atom stereocenters. The highest BCUT2D eigenvalue weighted by molar-refractivity contribution is 6.30. The normalized spacial score (nSPS) is 15.5. The Labute approximate surface area is 231 Å². The van der Waals surface area contributed by atoms with Gasteiger partial charge in [-0.1, -0.05) is 41.3 Å². The fourth-order valence-electron chi connectivity index (χ4n) is 4.59. The van der Waals surface area contributed by atoms with E-state index in [4.69, 9.17) is 44.7 Å². The largest absolute Gasteiger partial charge is 0.481 e. The molecule has 2 aromatic carbocycles. The van der Waals surface area contributed by atoms with Crippen molar-refractivity contribution in [3.63, 3.8) is 0 Å². The van der Waals surface area contributed by atoms with Gasteiger partial charge < -0.3 is 10.4 Å². The van der Waals surface area contributed by atoms with Gasteiger partial charge in [0.05, 0.1) is 28.5 Å². The number of aliphatic carboxylic acids is 1. The van der Waals surface area contributed by atoms with E-state index in [1.165, 1.54) is 0 Å². The zero-order valence-electron chi connectivity index (χ0n) is 20.9. The van der Waals surface area contributed by atoms with Gasteiger partial charge in [-0.2, -0.15) is 0 Å². The lowest BCUT2D eigenvalue weighted by Crippen LogP contribution is -2.34. The van der Waals surface area contributed by atoms with Crippen molar-refractivity contribution in [2.45, 2.75) is 51.5 Å². The number of halogens is 2. The van der Waals surface area contributed by atoms with Gasteiger partial charge in [-0.25, -0.2) is 9.97 Å². The fourth-order valence-corrected chi connectivity index (χ4v) is 4.84. The number of fused-ring (bicyclic) bond motifs is 1. The maximum absolute atomic E-state index is 13.2. The van der Waals surface area contributed by atoms with Gasteiger partial charge in [-0.3, -0.25) is 9.59 Å². The van der Waals surface area contributed by atoms with Gasteiger partial charge in [0.2, 0.25) is 0 Å². The number of hydrogen-bond acceptors (Lipinski definition) is 4. The Bertz CT molecular complexity index is 1480. The van der Waals surface area contributed by atoms with E-state index >= 15 is 0 Å². The fraction of sp³-hybridized carbons (Fsp3) is 0.267. The van der Waals surface area contributed by atoms with Gasteiger partial charge >= 0.3 is 5.97 Å². The lowest BCUT2D eigenvalue weighted by molar-refractivity contribution is -0.137. The lowest BCUT2D eigenvalue weighted by Gasteiger charge is -2.15. The molecule has 8 heteroatoms. The second-order valence-electron chi connectivity index (χ2n) is 9.21. The number of rotatable bonds is 9. The van der Waals surface area contributed by atoms with E-state index in [0.29, 0.717) is 58.0 Å². The molecule has 0 saturated carbocycles. The second kappa shape index (κ2) is 12.3. The first-order valence-electron chi connectivity index (χ1n) is 12.4. The molecular formula is C30H27Cl2N3O3. The van der Waals surface area contributed by atoms with Crippen molar-refractivity contribution in [1.29, 1.82) is 0 Å². The smallest absolute Gasteiger partial charge is 0.303 e.